The summed E-state index contributed by atoms with van der Waals surface area (Å²) in [6, 6.07) is 5.56. The summed E-state index contributed by atoms with van der Waals surface area (Å²) < 4.78 is 50.0. The number of hydrogen-bond donors (Lipinski definition) is 2. The van der Waals surface area contributed by atoms with E-state index in [-0.39, 0.29) is 35.0 Å². The maximum atomic E-state index is 12.3. The highest BCUT2D eigenvalue weighted by atomic mass is 32.2. The van der Waals surface area contributed by atoms with Gasteiger partial charge in [0.15, 0.2) is 9.84 Å². The maximum absolute atomic E-state index is 12.3. The number of amides is 2. The third kappa shape index (κ3) is 4.93. The van der Waals surface area contributed by atoms with Crippen molar-refractivity contribution in [1.29, 1.82) is 0 Å². The second kappa shape index (κ2) is 6.93. The average Bonchev–Trinajstić information content (AvgIpc) is 3.35. The number of carbonyl (C=O) groups is 1. The van der Waals surface area contributed by atoms with Crippen molar-refractivity contribution in [3.05, 3.63) is 24.3 Å². The molecule has 2 amide bonds. The highest BCUT2D eigenvalue weighted by molar-refractivity contribution is 7.91. The molecular weight excluding hydrogens is 366 g/mol. The smallest absolute Gasteiger partial charge is 0.321 e. The number of urea groups is 1. The molecular formula is C15H21N3O5S2. The Balaban J connectivity index is 1.62. The van der Waals surface area contributed by atoms with E-state index in [0.717, 1.165) is 12.8 Å². The number of carbonyl (C=O) groups excluding carboxylic acids is 1. The zero-order valence-electron chi connectivity index (χ0n) is 13.6. The summed E-state index contributed by atoms with van der Waals surface area (Å²) in [6.07, 6.45) is 2.14. The molecule has 25 heavy (non-hydrogen) atoms. The van der Waals surface area contributed by atoms with Crippen LogP contribution in [0.2, 0.25) is 0 Å². The molecule has 1 aliphatic carbocycles. The average molecular weight is 387 g/mol. The van der Waals surface area contributed by atoms with Gasteiger partial charge in [-0.1, -0.05) is 0 Å². The molecule has 1 saturated heterocycles. The van der Waals surface area contributed by atoms with Crippen LogP contribution in [-0.2, 0) is 19.9 Å². The zero-order chi connectivity index (χ0) is 18.1. The van der Waals surface area contributed by atoms with Crippen LogP contribution in [0.4, 0.5) is 10.5 Å². The second-order valence-corrected chi connectivity index (χ2v) is 10.4. The molecule has 0 radical (unpaired) electrons. The van der Waals surface area contributed by atoms with Crippen LogP contribution in [-0.4, -0.2) is 58.4 Å². The van der Waals surface area contributed by atoms with E-state index < -0.39 is 19.9 Å². The molecule has 2 N–H and O–H groups in total. The fraction of sp³-hybridized carbons (Fsp3) is 0.533. The third-order valence-electron chi connectivity index (χ3n) is 4.16. The minimum Gasteiger partial charge on any atom is -0.323 e. The Labute approximate surface area is 147 Å². The number of hydrogen-bond acceptors (Lipinski definition) is 5. The summed E-state index contributed by atoms with van der Waals surface area (Å²) in [5.74, 6) is 0.0573. The standard InChI is InChI=1S/C15H21N3O5S2/c19-15(18-8-1-10-24(20,21)11-9-18)16-12-4-6-14(7-5-12)25(22,23)17-13-2-3-13/h4-7,13,17H,1-3,8-11H2,(H,16,19). The van der Waals surface area contributed by atoms with Crippen molar-refractivity contribution in [2.75, 3.05) is 29.9 Å². The number of sulfonamides is 1. The van der Waals surface area contributed by atoms with E-state index >= 15 is 0 Å². The highest BCUT2D eigenvalue weighted by Gasteiger charge is 2.28. The van der Waals surface area contributed by atoms with Gasteiger partial charge in [0.25, 0.3) is 0 Å². The van der Waals surface area contributed by atoms with Crippen molar-refractivity contribution in [2.24, 2.45) is 0 Å². The van der Waals surface area contributed by atoms with Gasteiger partial charge in [-0.15, -0.1) is 0 Å². The monoisotopic (exact) mass is 387 g/mol. The van der Waals surface area contributed by atoms with Gasteiger partial charge in [0.1, 0.15) is 0 Å². The SMILES string of the molecule is O=C(Nc1ccc(S(=O)(=O)NC2CC2)cc1)N1CCCS(=O)(=O)CC1. The largest absolute Gasteiger partial charge is 0.323 e. The number of sulfone groups is 1. The van der Waals surface area contributed by atoms with Crippen molar-refractivity contribution in [3.8, 4) is 0 Å². The predicted molar refractivity (Wildman–Crippen MR) is 93.6 cm³/mol. The van der Waals surface area contributed by atoms with Gasteiger partial charge in [-0.3, -0.25) is 0 Å². The van der Waals surface area contributed by atoms with Crippen LogP contribution >= 0.6 is 0 Å². The topological polar surface area (TPSA) is 113 Å². The lowest BCUT2D eigenvalue weighted by atomic mass is 10.3. The Morgan fingerprint density at radius 3 is 2.40 bits per heavy atom. The first-order chi connectivity index (χ1) is 11.8. The maximum Gasteiger partial charge on any atom is 0.321 e. The Bertz CT molecular complexity index is 846. The molecule has 1 aromatic carbocycles. The summed E-state index contributed by atoms with van der Waals surface area (Å²) >= 11 is 0. The molecule has 1 saturated carbocycles. The molecule has 2 aliphatic rings. The number of nitrogens with zero attached hydrogens (tertiary/aromatic N) is 1. The summed E-state index contributed by atoms with van der Waals surface area (Å²) in [5, 5.41) is 2.68. The van der Waals surface area contributed by atoms with Gasteiger partial charge in [0.2, 0.25) is 10.0 Å². The van der Waals surface area contributed by atoms with Gasteiger partial charge >= 0.3 is 6.03 Å². The molecule has 3 rings (SSSR count). The van der Waals surface area contributed by atoms with E-state index in [1.807, 2.05) is 0 Å². The molecule has 0 unspecified atom stereocenters. The molecule has 2 fully saturated rings. The van der Waals surface area contributed by atoms with E-state index in [1.165, 1.54) is 29.2 Å². The Kier molecular flexibility index (Phi) is 5.03. The molecule has 0 spiro atoms. The summed E-state index contributed by atoms with van der Waals surface area (Å²) in [5.41, 5.74) is 0.461. The van der Waals surface area contributed by atoms with Crippen molar-refractivity contribution < 1.29 is 21.6 Å². The number of nitrogens with one attached hydrogen (secondary N) is 2. The Morgan fingerprint density at radius 2 is 1.76 bits per heavy atom. The van der Waals surface area contributed by atoms with Gasteiger partial charge in [-0.25, -0.2) is 26.4 Å². The van der Waals surface area contributed by atoms with E-state index in [4.69, 9.17) is 0 Å². The van der Waals surface area contributed by atoms with Crippen molar-refractivity contribution in [1.82, 2.24) is 9.62 Å². The lowest BCUT2D eigenvalue weighted by Gasteiger charge is -2.20. The predicted octanol–water partition coefficient (Wildman–Crippen LogP) is 0.780. The first-order valence-electron chi connectivity index (χ1n) is 8.14. The number of benzene rings is 1. The molecule has 0 atom stereocenters. The molecule has 0 aromatic heterocycles. The number of anilines is 1. The van der Waals surface area contributed by atoms with Crippen molar-refractivity contribution >= 4 is 31.6 Å². The summed E-state index contributed by atoms with van der Waals surface area (Å²) in [6.45, 7) is 0.536. The van der Waals surface area contributed by atoms with Gasteiger partial charge < -0.3 is 10.2 Å². The van der Waals surface area contributed by atoms with Gasteiger partial charge in [0.05, 0.1) is 16.4 Å². The number of rotatable bonds is 4. The molecule has 1 aliphatic heterocycles. The van der Waals surface area contributed by atoms with E-state index in [0.29, 0.717) is 18.7 Å². The van der Waals surface area contributed by atoms with Gasteiger partial charge in [0, 0.05) is 24.8 Å². The first kappa shape index (κ1) is 18.2. The summed E-state index contributed by atoms with van der Waals surface area (Å²) in [7, 11) is -6.60. The van der Waals surface area contributed by atoms with Gasteiger partial charge in [-0.2, -0.15) is 0 Å². The fourth-order valence-corrected chi connectivity index (χ4v) is 5.13. The normalized spacial score (nSPS) is 20.7. The molecule has 0 bridgehead atoms. The quantitative estimate of drug-likeness (QED) is 0.793. The van der Waals surface area contributed by atoms with E-state index in [1.54, 1.807) is 0 Å². The molecule has 138 valence electrons. The first-order valence-corrected chi connectivity index (χ1v) is 11.4. The van der Waals surface area contributed by atoms with Crippen LogP contribution in [0.25, 0.3) is 0 Å². The lowest BCUT2D eigenvalue weighted by molar-refractivity contribution is 0.216. The van der Waals surface area contributed by atoms with Crippen molar-refractivity contribution in [2.45, 2.75) is 30.2 Å². The lowest BCUT2D eigenvalue weighted by Crippen LogP contribution is -2.37. The zero-order valence-corrected chi connectivity index (χ0v) is 15.3. The molecule has 1 heterocycles. The summed E-state index contributed by atoms with van der Waals surface area (Å²) in [4.78, 5) is 13.9. The second-order valence-electron chi connectivity index (χ2n) is 6.34. The Hall–Kier alpha value is -1.65. The molecule has 10 heteroatoms. The third-order valence-corrected chi connectivity index (χ3v) is 7.41. The van der Waals surface area contributed by atoms with E-state index in [2.05, 4.69) is 10.0 Å². The van der Waals surface area contributed by atoms with Crippen LogP contribution < -0.4 is 10.0 Å². The fourth-order valence-electron chi connectivity index (χ4n) is 2.55. The minimum atomic E-state index is -3.52. The van der Waals surface area contributed by atoms with Crippen molar-refractivity contribution in [3.63, 3.8) is 0 Å². The van der Waals surface area contributed by atoms with Crippen LogP contribution in [0.1, 0.15) is 19.3 Å². The highest BCUT2D eigenvalue weighted by Crippen LogP contribution is 2.23. The molecule has 8 nitrogen and oxygen atoms in total. The van der Waals surface area contributed by atoms with Crippen LogP contribution in [0.15, 0.2) is 29.2 Å². The van der Waals surface area contributed by atoms with Crippen LogP contribution in [0.3, 0.4) is 0 Å². The van der Waals surface area contributed by atoms with E-state index in [9.17, 15) is 21.6 Å². The van der Waals surface area contributed by atoms with Crippen LogP contribution in [0.5, 0.6) is 0 Å². The Morgan fingerprint density at radius 1 is 1.08 bits per heavy atom. The molecule has 1 aromatic rings. The minimum absolute atomic E-state index is 0.0312. The van der Waals surface area contributed by atoms with Crippen LogP contribution in [0, 0.1) is 0 Å². The van der Waals surface area contributed by atoms with Gasteiger partial charge in [-0.05, 0) is 43.5 Å².